The summed E-state index contributed by atoms with van der Waals surface area (Å²) in [4.78, 5) is 0. The van der Waals surface area contributed by atoms with Gasteiger partial charge in [0.2, 0.25) is 0 Å². The molecule has 0 aliphatic carbocycles. The minimum atomic E-state index is -1.83. The first-order chi connectivity index (χ1) is 4.62. The highest BCUT2D eigenvalue weighted by Gasteiger charge is 2.22. The van der Waals surface area contributed by atoms with Crippen LogP contribution in [0.15, 0.2) is 0 Å². The summed E-state index contributed by atoms with van der Waals surface area (Å²) < 4.78 is 10.4. The van der Waals surface area contributed by atoms with E-state index in [-0.39, 0.29) is 22.3 Å². The maximum Gasteiger partial charge on any atom is 0.351 e. The molecule has 0 spiro atoms. The second kappa shape index (κ2) is 12.1. The molecule has 0 amide bonds. The number of hydrogen-bond acceptors (Lipinski definition) is 3. The van der Waals surface area contributed by atoms with Crippen LogP contribution in [-0.4, -0.2) is 22.2 Å². The number of hydroxylamine groups is 1. The van der Waals surface area contributed by atoms with Crippen molar-refractivity contribution >= 4 is 8.56 Å². The normalized spacial score (nSPS) is 9.23. The van der Waals surface area contributed by atoms with E-state index in [0.29, 0.717) is 0 Å². The molecule has 0 unspecified atom stereocenters. The van der Waals surface area contributed by atoms with Crippen LogP contribution < -0.4 is 5.48 Å². The van der Waals surface area contributed by atoms with Crippen molar-refractivity contribution < 1.29 is 8.95 Å². The average Bonchev–Trinajstić information content (AvgIpc) is 1.89. The van der Waals surface area contributed by atoms with Crippen molar-refractivity contribution in [1.29, 1.82) is 0 Å². The van der Waals surface area contributed by atoms with Crippen LogP contribution in [0.4, 0.5) is 0 Å². The summed E-state index contributed by atoms with van der Waals surface area (Å²) in [5.74, 6) is 0. The van der Waals surface area contributed by atoms with Gasteiger partial charge < -0.3 is 8.95 Å². The van der Waals surface area contributed by atoms with E-state index in [9.17, 15) is 0 Å². The monoisotopic (exact) mass is 211 g/mol. The van der Waals surface area contributed by atoms with Gasteiger partial charge in [0, 0.05) is 13.7 Å². The van der Waals surface area contributed by atoms with Crippen molar-refractivity contribution in [2.75, 3.05) is 13.7 Å². The third-order valence-corrected chi connectivity index (χ3v) is 2.78. The predicted octanol–water partition coefficient (Wildman–Crippen LogP) is 3.17. The zero-order valence-corrected chi connectivity index (χ0v) is 8.23. The Kier molecular flexibility index (Phi) is 21.6. The third-order valence-electron chi connectivity index (χ3n) is 1.16. The van der Waals surface area contributed by atoms with Gasteiger partial charge in [0.1, 0.15) is 0 Å². The van der Waals surface area contributed by atoms with E-state index in [4.69, 9.17) is 8.95 Å². The van der Waals surface area contributed by atoms with E-state index in [1.165, 1.54) is 0 Å². The molecule has 0 aliphatic rings. The van der Waals surface area contributed by atoms with Crippen LogP contribution in [0, 0.1) is 0 Å². The molecule has 3 nitrogen and oxygen atoms in total. The largest absolute Gasteiger partial charge is 0.397 e. The molecule has 1 N–H and O–H groups in total. The van der Waals surface area contributed by atoms with Gasteiger partial charge >= 0.3 is 8.56 Å². The summed E-state index contributed by atoms with van der Waals surface area (Å²) in [5, 5.41) is 0. The average molecular weight is 211 g/mol. The minimum Gasteiger partial charge on any atom is -0.397 e. The lowest BCUT2D eigenvalue weighted by molar-refractivity contribution is 0.129. The first-order valence-corrected chi connectivity index (χ1v) is 6.40. The van der Waals surface area contributed by atoms with Gasteiger partial charge in [0.15, 0.2) is 0 Å². The molecule has 0 aromatic rings. The molecule has 0 saturated heterocycles. The fourth-order valence-corrected chi connectivity index (χ4v) is 0.902. The van der Waals surface area contributed by atoms with Crippen LogP contribution in [0.1, 0.15) is 35.6 Å². The van der Waals surface area contributed by atoms with Crippen LogP contribution in [0.25, 0.3) is 0 Å². The summed E-state index contributed by atoms with van der Waals surface area (Å²) in [5.41, 5.74) is 2.86. The van der Waals surface area contributed by atoms with E-state index in [0.717, 1.165) is 13.0 Å². The van der Waals surface area contributed by atoms with Crippen LogP contribution >= 0.6 is 0 Å². The molecule has 4 heteroatoms. The Morgan fingerprint density at radius 1 is 1.15 bits per heavy atom. The zero-order chi connectivity index (χ0) is 8.04. The summed E-state index contributed by atoms with van der Waals surface area (Å²) in [7, 11) is -0.145. The standard InChI is InChI=1S/C6H17NO2Si.3CH4/c1-5-6-7-9-10(3,4)8-2;;;/h7H,5-6H2,1-4H3;3*1H4. The minimum absolute atomic E-state index is 0. The zero-order valence-electron chi connectivity index (χ0n) is 7.23. The van der Waals surface area contributed by atoms with Crippen LogP contribution in [-0.2, 0) is 8.95 Å². The van der Waals surface area contributed by atoms with Gasteiger partial charge in [-0.25, -0.2) is 5.48 Å². The molecule has 0 saturated carbocycles. The van der Waals surface area contributed by atoms with E-state index >= 15 is 0 Å². The highest BCUT2D eigenvalue weighted by molar-refractivity contribution is 6.64. The van der Waals surface area contributed by atoms with Gasteiger partial charge in [-0.2, -0.15) is 0 Å². The van der Waals surface area contributed by atoms with E-state index < -0.39 is 8.56 Å². The van der Waals surface area contributed by atoms with E-state index in [2.05, 4.69) is 12.4 Å². The SMILES string of the molecule is C.C.C.CCCNO[Si](C)(C)OC. The van der Waals surface area contributed by atoms with E-state index in [1.54, 1.807) is 7.11 Å². The van der Waals surface area contributed by atoms with Crippen LogP contribution in [0.2, 0.25) is 13.1 Å². The lowest BCUT2D eigenvalue weighted by Crippen LogP contribution is -2.39. The molecule has 0 rings (SSSR count). The summed E-state index contributed by atoms with van der Waals surface area (Å²) in [6, 6.07) is 0. The topological polar surface area (TPSA) is 30.5 Å². The fraction of sp³-hybridized carbons (Fsp3) is 1.00. The fourth-order valence-electron chi connectivity index (χ4n) is 0.369. The molecule has 13 heavy (non-hydrogen) atoms. The van der Waals surface area contributed by atoms with Crippen molar-refractivity contribution in [3.8, 4) is 0 Å². The Hall–Kier alpha value is 0.0969. The molecule has 0 fully saturated rings. The summed E-state index contributed by atoms with van der Waals surface area (Å²) >= 11 is 0. The van der Waals surface area contributed by atoms with Gasteiger partial charge in [0.05, 0.1) is 0 Å². The molecular weight excluding hydrogens is 182 g/mol. The smallest absolute Gasteiger partial charge is 0.351 e. The molecule has 0 bridgehead atoms. The summed E-state index contributed by atoms with van der Waals surface area (Å²) in [6.45, 7) is 6.98. The quantitative estimate of drug-likeness (QED) is 0.430. The molecule has 0 aliphatic heterocycles. The summed E-state index contributed by atoms with van der Waals surface area (Å²) in [6.07, 6.45) is 1.08. The van der Waals surface area contributed by atoms with Gasteiger partial charge in [0.25, 0.3) is 0 Å². The van der Waals surface area contributed by atoms with E-state index in [1.807, 2.05) is 13.1 Å². The van der Waals surface area contributed by atoms with Gasteiger partial charge in [-0.1, -0.05) is 29.2 Å². The molecular formula is C9H29NO2Si. The predicted molar refractivity (Wildman–Crippen MR) is 64.1 cm³/mol. The number of hydrogen-bond donors (Lipinski definition) is 1. The Morgan fingerprint density at radius 2 is 1.62 bits per heavy atom. The molecule has 0 aromatic heterocycles. The van der Waals surface area contributed by atoms with Crippen LogP contribution in [0.5, 0.6) is 0 Å². The molecule has 0 atom stereocenters. The Morgan fingerprint density at radius 3 is 1.92 bits per heavy atom. The van der Waals surface area contributed by atoms with Crippen molar-refractivity contribution in [1.82, 2.24) is 5.48 Å². The molecule has 86 valence electrons. The van der Waals surface area contributed by atoms with Crippen molar-refractivity contribution in [3.05, 3.63) is 0 Å². The third kappa shape index (κ3) is 14.9. The second-order valence-electron chi connectivity index (χ2n) is 2.60. The first-order valence-electron chi connectivity index (χ1n) is 3.58. The second-order valence-corrected chi connectivity index (χ2v) is 6.01. The lowest BCUT2D eigenvalue weighted by atomic mass is 10.5. The van der Waals surface area contributed by atoms with Gasteiger partial charge in [-0.05, 0) is 19.5 Å². The maximum atomic E-state index is 5.29. The van der Waals surface area contributed by atoms with Gasteiger partial charge in [-0.15, -0.1) is 0 Å². The Labute approximate surface area is 86.0 Å². The van der Waals surface area contributed by atoms with Crippen molar-refractivity contribution in [2.45, 2.75) is 48.7 Å². The Bertz CT molecular complexity index is 89.7. The lowest BCUT2D eigenvalue weighted by Gasteiger charge is -2.19. The maximum absolute atomic E-state index is 5.29. The molecule has 0 heterocycles. The highest BCUT2D eigenvalue weighted by atomic mass is 28.4. The first kappa shape index (κ1) is 23.2. The molecule has 0 radical (unpaired) electrons. The van der Waals surface area contributed by atoms with Crippen molar-refractivity contribution in [2.24, 2.45) is 0 Å². The van der Waals surface area contributed by atoms with Gasteiger partial charge in [-0.3, -0.25) is 0 Å². The van der Waals surface area contributed by atoms with Crippen LogP contribution in [0.3, 0.4) is 0 Å². The molecule has 0 aromatic carbocycles. The Balaban J connectivity index is -0.000000135. The van der Waals surface area contributed by atoms with Crippen molar-refractivity contribution in [3.63, 3.8) is 0 Å². The number of nitrogens with one attached hydrogen (secondary N) is 1. The number of rotatable bonds is 5. The highest BCUT2D eigenvalue weighted by Crippen LogP contribution is 2.00.